The van der Waals surface area contributed by atoms with Crippen molar-refractivity contribution in [1.29, 1.82) is 0 Å². The van der Waals surface area contributed by atoms with Gasteiger partial charge in [-0.1, -0.05) is 18.6 Å². The first-order valence-corrected chi connectivity index (χ1v) is 11.5. The minimum atomic E-state index is -5.57. The van der Waals surface area contributed by atoms with Crippen molar-refractivity contribution < 1.29 is 45.4 Å². The molecular formula is C25H24F6N2O4. The van der Waals surface area contributed by atoms with Gasteiger partial charge in [-0.15, -0.1) is 13.2 Å². The van der Waals surface area contributed by atoms with E-state index in [2.05, 4.69) is 14.6 Å². The van der Waals surface area contributed by atoms with Crippen molar-refractivity contribution in [3.05, 3.63) is 58.9 Å². The summed E-state index contributed by atoms with van der Waals surface area (Å²) >= 11 is 0. The fourth-order valence-corrected chi connectivity index (χ4v) is 3.87. The number of Topliss-reactive ketones (excluding diaryl/α,β-unsaturated/α-hetero) is 1. The van der Waals surface area contributed by atoms with Gasteiger partial charge in [0.25, 0.3) is 0 Å². The van der Waals surface area contributed by atoms with Crippen molar-refractivity contribution in [2.24, 2.45) is 10.9 Å². The van der Waals surface area contributed by atoms with Crippen molar-refractivity contribution in [2.75, 3.05) is 19.7 Å². The van der Waals surface area contributed by atoms with Gasteiger partial charge < -0.3 is 9.47 Å². The lowest BCUT2D eigenvalue weighted by molar-refractivity contribution is -0.276. The second-order valence-electron chi connectivity index (χ2n) is 8.29. The summed E-state index contributed by atoms with van der Waals surface area (Å²) in [6, 6.07) is 6.93. The van der Waals surface area contributed by atoms with Crippen LogP contribution in [0.5, 0.6) is 5.75 Å². The lowest BCUT2D eigenvalue weighted by Crippen LogP contribution is -2.29. The van der Waals surface area contributed by atoms with Crippen molar-refractivity contribution in [3.8, 4) is 5.75 Å². The van der Waals surface area contributed by atoms with Gasteiger partial charge in [-0.2, -0.15) is 4.39 Å². The van der Waals surface area contributed by atoms with Crippen molar-refractivity contribution >= 4 is 23.7 Å². The molecule has 200 valence electrons. The topological polar surface area (TPSA) is 68.2 Å². The Balaban J connectivity index is 1.91. The van der Waals surface area contributed by atoms with Gasteiger partial charge in [-0.3, -0.25) is 19.5 Å². The van der Waals surface area contributed by atoms with Gasteiger partial charge in [0, 0.05) is 12.8 Å². The number of esters is 1. The van der Waals surface area contributed by atoms with E-state index >= 15 is 0 Å². The number of carbonyl (C=O) groups excluding carboxylic acids is 2. The van der Waals surface area contributed by atoms with Gasteiger partial charge in [0.15, 0.2) is 23.3 Å². The van der Waals surface area contributed by atoms with Crippen molar-refractivity contribution in [3.63, 3.8) is 0 Å². The smallest absolute Gasteiger partial charge is 0.465 e. The Morgan fingerprint density at radius 3 is 2.43 bits per heavy atom. The van der Waals surface area contributed by atoms with Crippen LogP contribution in [0.1, 0.15) is 42.1 Å². The number of ether oxygens (including phenoxy) is 2. The molecule has 12 heteroatoms. The highest BCUT2D eigenvalue weighted by atomic mass is 19.4. The molecule has 3 rings (SSSR count). The van der Waals surface area contributed by atoms with Crippen LogP contribution in [0.2, 0.25) is 0 Å². The first kappa shape index (κ1) is 28.2. The van der Waals surface area contributed by atoms with Crippen LogP contribution in [0.3, 0.4) is 0 Å². The lowest BCUT2D eigenvalue weighted by Gasteiger charge is -2.26. The third-order valence-electron chi connectivity index (χ3n) is 5.56. The largest absolute Gasteiger partial charge is 0.573 e. The summed E-state index contributed by atoms with van der Waals surface area (Å²) in [6.07, 6.45) is -1.39. The third kappa shape index (κ3) is 7.54. The third-order valence-corrected chi connectivity index (χ3v) is 5.56. The van der Waals surface area contributed by atoms with E-state index in [1.807, 2.05) is 6.07 Å². The van der Waals surface area contributed by atoms with Crippen LogP contribution in [-0.2, 0) is 16.1 Å². The highest BCUT2D eigenvalue weighted by Gasteiger charge is 2.38. The summed E-state index contributed by atoms with van der Waals surface area (Å²) in [5.74, 6) is -13.2. The number of likely N-dealkylation sites (tertiary alicyclic amines) is 1. The van der Waals surface area contributed by atoms with Gasteiger partial charge in [-0.05, 0) is 56.6 Å². The van der Waals surface area contributed by atoms with Crippen LogP contribution < -0.4 is 4.74 Å². The van der Waals surface area contributed by atoms with E-state index in [4.69, 9.17) is 4.74 Å². The number of rotatable bonds is 9. The summed E-state index contributed by atoms with van der Waals surface area (Å²) in [5.41, 5.74) is -0.0823. The zero-order valence-corrected chi connectivity index (χ0v) is 19.8. The second-order valence-corrected chi connectivity index (χ2v) is 8.29. The van der Waals surface area contributed by atoms with E-state index in [1.165, 1.54) is 13.3 Å². The van der Waals surface area contributed by atoms with Crippen LogP contribution in [0.15, 0.2) is 35.3 Å². The summed E-state index contributed by atoms with van der Waals surface area (Å²) in [7, 11) is 0. The van der Waals surface area contributed by atoms with E-state index in [0.29, 0.717) is 12.2 Å². The fraction of sp³-hybridized carbons (Fsp3) is 0.400. The normalized spacial score (nSPS) is 15.5. The maximum atomic E-state index is 14.7. The molecule has 1 heterocycles. The molecule has 0 N–H and O–H groups in total. The number of piperidine rings is 1. The average Bonchev–Trinajstić information content (AvgIpc) is 2.84. The molecule has 1 fully saturated rings. The van der Waals surface area contributed by atoms with Gasteiger partial charge >= 0.3 is 12.3 Å². The van der Waals surface area contributed by atoms with E-state index in [-0.39, 0.29) is 12.7 Å². The van der Waals surface area contributed by atoms with E-state index in [0.717, 1.165) is 37.7 Å². The predicted molar refractivity (Wildman–Crippen MR) is 121 cm³/mol. The van der Waals surface area contributed by atoms with E-state index in [1.54, 1.807) is 18.2 Å². The number of ketones is 1. The fourth-order valence-electron chi connectivity index (χ4n) is 3.87. The first-order chi connectivity index (χ1) is 17.5. The zero-order chi connectivity index (χ0) is 27.2. The molecule has 0 aliphatic carbocycles. The minimum absolute atomic E-state index is 0.0511. The summed E-state index contributed by atoms with van der Waals surface area (Å²) < 4.78 is 88.2. The molecule has 1 unspecified atom stereocenters. The summed E-state index contributed by atoms with van der Waals surface area (Å²) in [4.78, 5) is 31.8. The molecule has 0 amide bonds. The molecule has 1 aliphatic rings. The maximum Gasteiger partial charge on any atom is 0.573 e. The molecule has 1 aliphatic heterocycles. The Labute approximate surface area is 208 Å². The summed E-state index contributed by atoms with van der Waals surface area (Å²) in [6.45, 7) is 3.80. The Hall–Kier alpha value is -3.41. The Bertz CT molecular complexity index is 1160. The van der Waals surface area contributed by atoms with Crippen LogP contribution in [-0.4, -0.2) is 48.9 Å². The molecule has 1 saturated heterocycles. The molecule has 0 bridgehead atoms. The standard InChI is InChI=1S/C25H24F6N2O4/c1-2-36-24(35)18(13-32-16-8-6-7-15(11-16)14-33-9-4-3-5-10-33)22(34)17-12-19(26)21(28)23(20(17)27)37-25(29,30)31/h6-8,11-13,18H,2-5,9-10,14H2,1H3. The van der Waals surface area contributed by atoms with Crippen LogP contribution >= 0.6 is 0 Å². The van der Waals surface area contributed by atoms with E-state index in [9.17, 15) is 35.9 Å². The number of alkyl halides is 3. The number of halogens is 6. The van der Waals surface area contributed by atoms with E-state index < -0.39 is 52.8 Å². The second kappa shape index (κ2) is 12.2. The number of hydrogen-bond donors (Lipinski definition) is 0. The highest BCUT2D eigenvalue weighted by molar-refractivity contribution is 6.18. The maximum absolute atomic E-state index is 14.7. The van der Waals surface area contributed by atoms with Crippen LogP contribution in [0, 0.1) is 23.4 Å². The molecular weight excluding hydrogens is 506 g/mol. The summed E-state index contributed by atoms with van der Waals surface area (Å²) in [5, 5.41) is 0. The van der Waals surface area contributed by atoms with Gasteiger partial charge in [-0.25, -0.2) is 8.78 Å². The number of carbonyl (C=O) groups is 2. The molecule has 2 aromatic carbocycles. The number of nitrogens with zero attached hydrogens (tertiary/aromatic N) is 2. The molecule has 6 nitrogen and oxygen atoms in total. The molecule has 37 heavy (non-hydrogen) atoms. The quantitative estimate of drug-likeness (QED) is 0.103. The van der Waals surface area contributed by atoms with Gasteiger partial charge in [0.05, 0.1) is 17.9 Å². The lowest BCUT2D eigenvalue weighted by atomic mass is 9.97. The number of aliphatic imine (C=N–C) groups is 1. The van der Waals surface area contributed by atoms with Gasteiger partial charge in [0.2, 0.25) is 11.6 Å². The molecule has 0 aromatic heterocycles. The first-order valence-electron chi connectivity index (χ1n) is 11.5. The monoisotopic (exact) mass is 530 g/mol. The molecule has 0 spiro atoms. The number of hydrogen-bond acceptors (Lipinski definition) is 6. The van der Waals surface area contributed by atoms with Gasteiger partial charge in [0.1, 0.15) is 0 Å². The predicted octanol–water partition coefficient (Wildman–Crippen LogP) is 5.75. The minimum Gasteiger partial charge on any atom is -0.465 e. The highest BCUT2D eigenvalue weighted by Crippen LogP contribution is 2.33. The van der Waals surface area contributed by atoms with Crippen LogP contribution in [0.25, 0.3) is 0 Å². The number of benzene rings is 2. The van der Waals surface area contributed by atoms with Crippen molar-refractivity contribution in [1.82, 2.24) is 4.90 Å². The molecule has 1 atom stereocenters. The average molecular weight is 530 g/mol. The molecule has 0 radical (unpaired) electrons. The Morgan fingerprint density at radius 1 is 1.08 bits per heavy atom. The SMILES string of the molecule is CCOC(=O)C(C=Nc1cccc(CN2CCCCC2)c1)C(=O)c1cc(F)c(F)c(OC(F)(F)F)c1F. The van der Waals surface area contributed by atoms with Crippen LogP contribution in [0.4, 0.5) is 32.0 Å². The van der Waals surface area contributed by atoms with Crippen molar-refractivity contribution in [2.45, 2.75) is 39.1 Å². The Kier molecular flexibility index (Phi) is 9.30. The zero-order valence-electron chi connectivity index (χ0n) is 19.8. The Morgan fingerprint density at radius 2 is 1.78 bits per heavy atom. The molecule has 0 saturated carbocycles. The molecule has 2 aromatic rings.